The molecule has 1 aromatic heterocycles. The molecule has 0 fully saturated rings. The fourth-order valence-electron chi connectivity index (χ4n) is 1.05. The number of rotatable bonds is 3. The smallest absolute Gasteiger partial charge is 0.269 e. The lowest BCUT2D eigenvalue weighted by Crippen LogP contribution is -2.20. The van der Waals surface area contributed by atoms with Crippen LogP contribution in [0.2, 0.25) is 0 Å². The van der Waals surface area contributed by atoms with Gasteiger partial charge in [0.05, 0.1) is 0 Å². The van der Waals surface area contributed by atoms with Gasteiger partial charge >= 0.3 is 0 Å². The Morgan fingerprint density at radius 3 is 2.79 bits per heavy atom. The summed E-state index contributed by atoms with van der Waals surface area (Å²) in [6, 6.07) is 1.65. The van der Waals surface area contributed by atoms with Crippen molar-refractivity contribution in [2.24, 2.45) is 0 Å². The molecular formula is C9H14N4O. The number of hydrogen-bond donors (Lipinski definition) is 2. The van der Waals surface area contributed by atoms with Crippen LogP contribution < -0.4 is 10.6 Å². The Labute approximate surface area is 83.0 Å². The first-order chi connectivity index (χ1) is 6.67. The van der Waals surface area contributed by atoms with Crippen LogP contribution in [0.25, 0.3) is 0 Å². The molecule has 0 saturated carbocycles. The number of anilines is 1. The van der Waals surface area contributed by atoms with Gasteiger partial charge in [0.15, 0.2) is 0 Å². The van der Waals surface area contributed by atoms with Crippen LogP contribution in [0.1, 0.15) is 23.1 Å². The number of amides is 1. The van der Waals surface area contributed by atoms with Crippen LogP contribution in [0.4, 0.5) is 5.95 Å². The van der Waals surface area contributed by atoms with Gasteiger partial charge in [0.2, 0.25) is 5.95 Å². The summed E-state index contributed by atoms with van der Waals surface area (Å²) < 4.78 is 0. The zero-order valence-corrected chi connectivity index (χ0v) is 8.59. The molecule has 0 unspecified atom stereocenters. The van der Waals surface area contributed by atoms with Gasteiger partial charge in [-0.1, -0.05) is 0 Å². The van der Waals surface area contributed by atoms with Gasteiger partial charge in [-0.15, -0.1) is 0 Å². The Morgan fingerprint density at radius 1 is 1.50 bits per heavy atom. The van der Waals surface area contributed by atoms with E-state index in [1.165, 1.54) is 0 Å². The monoisotopic (exact) mass is 194 g/mol. The van der Waals surface area contributed by atoms with Crippen molar-refractivity contribution >= 4 is 11.9 Å². The molecule has 14 heavy (non-hydrogen) atoms. The number of aryl methyl sites for hydroxylation is 1. The van der Waals surface area contributed by atoms with Crippen molar-refractivity contribution in [3.63, 3.8) is 0 Å². The SMILES string of the molecule is CCNc1nc(C)cc(C(=O)NC)n1. The second-order valence-corrected chi connectivity index (χ2v) is 2.83. The minimum absolute atomic E-state index is 0.199. The lowest BCUT2D eigenvalue weighted by Gasteiger charge is -2.05. The fourth-order valence-corrected chi connectivity index (χ4v) is 1.05. The third-order valence-corrected chi connectivity index (χ3v) is 1.65. The highest BCUT2D eigenvalue weighted by Crippen LogP contribution is 2.04. The molecule has 0 aliphatic heterocycles. The van der Waals surface area contributed by atoms with Crippen LogP contribution in [0.5, 0.6) is 0 Å². The van der Waals surface area contributed by atoms with E-state index in [4.69, 9.17) is 0 Å². The van der Waals surface area contributed by atoms with Crippen LogP contribution in [0.15, 0.2) is 6.07 Å². The van der Waals surface area contributed by atoms with Crippen LogP contribution >= 0.6 is 0 Å². The average molecular weight is 194 g/mol. The van der Waals surface area contributed by atoms with E-state index in [9.17, 15) is 4.79 Å². The van der Waals surface area contributed by atoms with E-state index < -0.39 is 0 Å². The van der Waals surface area contributed by atoms with Gasteiger partial charge in [0.25, 0.3) is 5.91 Å². The van der Waals surface area contributed by atoms with Crippen molar-refractivity contribution in [1.29, 1.82) is 0 Å². The van der Waals surface area contributed by atoms with Gasteiger partial charge in [-0.2, -0.15) is 0 Å². The van der Waals surface area contributed by atoms with Gasteiger partial charge in [0.1, 0.15) is 5.69 Å². The summed E-state index contributed by atoms with van der Waals surface area (Å²) in [6.45, 7) is 4.51. The van der Waals surface area contributed by atoms with Crippen molar-refractivity contribution in [2.75, 3.05) is 18.9 Å². The molecule has 0 aliphatic rings. The number of hydrogen-bond acceptors (Lipinski definition) is 4. The third-order valence-electron chi connectivity index (χ3n) is 1.65. The maximum absolute atomic E-state index is 11.3. The molecule has 5 heteroatoms. The number of nitrogens with one attached hydrogen (secondary N) is 2. The first-order valence-electron chi connectivity index (χ1n) is 4.49. The van der Waals surface area contributed by atoms with Crippen molar-refractivity contribution in [2.45, 2.75) is 13.8 Å². The van der Waals surface area contributed by atoms with E-state index in [0.717, 1.165) is 12.2 Å². The Bertz CT molecular complexity index is 338. The summed E-state index contributed by atoms with van der Waals surface area (Å²) in [7, 11) is 1.58. The van der Waals surface area contributed by atoms with E-state index in [0.29, 0.717) is 11.6 Å². The average Bonchev–Trinajstić information content (AvgIpc) is 2.16. The highest BCUT2D eigenvalue weighted by Gasteiger charge is 2.07. The number of carbonyl (C=O) groups excluding carboxylic acids is 1. The van der Waals surface area contributed by atoms with Gasteiger partial charge in [-0.25, -0.2) is 9.97 Å². The summed E-state index contributed by atoms with van der Waals surface area (Å²) in [6.07, 6.45) is 0. The molecule has 0 atom stereocenters. The molecule has 0 aliphatic carbocycles. The van der Waals surface area contributed by atoms with E-state index in [1.807, 2.05) is 13.8 Å². The number of nitrogens with zero attached hydrogens (tertiary/aromatic N) is 2. The highest BCUT2D eigenvalue weighted by atomic mass is 16.1. The van der Waals surface area contributed by atoms with Gasteiger partial charge in [-0.3, -0.25) is 4.79 Å². The third kappa shape index (κ3) is 2.42. The first kappa shape index (κ1) is 10.4. The summed E-state index contributed by atoms with van der Waals surface area (Å²) in [5, 5.41) is 5.49. The summed E-state index contributed by atoms with van der Waals surface area (Å²) in [5.74, 6) is 0.292. The molecule has 1 amide bonds. The molecule has 0 radical (unpaired) electrons. The number of carbonyl (C=O) groups is 1. The Hall–Kier alpha value is -1.65. The molecular weight excluding hydrogens is 180 g/mol. The second-order valence-electron chi connectivity index (χ2n) is 2.83. The van der Waals surface area contributed by atoms with E-state index in [2.05, 4.69) is 20.6 Å². The quantitative estimate of drug-likeness (QED) is 0.738. The van der Waals surface area contributed by atoms with E-state index >= 15 is 0 Å². The van der Waals surface area contributed by atoms with Crippen molar-refractivity contribution in [3.05, 3.63) is 17.5 Å². The maximum Gasteiger partial charge on any atom is 0.269 e. The van der Waals surface area contributed by atoms with Crippen LogP contribution in [-0.4, -0.2) is 29.5 Å². The van der Waals surface area contributed by atoms with Crippen LogP contribution in [0, 0.1) is 6.92 Å². The van der Waals surface area contributed by atoms with Crippen LogP contribution in [0.3, 0.4) is 0 Å². The van der Waals surface area contributed by atoms with Crippen LogP contribution in [-0.2, 0) is 0 Å². The number of aromatic nitrogens is 2. The second kappa shape index (κ2) is 4.55. The highest BCUT2D eigenvalue weighted by molar-refractivity contribution is 5.92. The molecule has 0 bridgehead atoms. The normalized spacial score (nSPS) is 9.64. The van der Waals surface area contributed by atoms with Crippen molar-refractivity contribution < 1.29 is 4.79 Å². The standard InChI is InChI=1S/C9H14N4O/c1-4-11-9-12-6(2)5-7(13-9)8(14)10-3/h5H,4H2,1-3H3,(H,10,14)(H,11,12,13). The zero-order chi connectivity index (χ0) is 10.6. The van der Waals surface area contributed by atoms with Gasteiger partial charge < -0.3 is 10.6 Å². The molecule has 5 nitrogen and oxygen atoms in total. The summed E-state index contributed by atoms with van der Waals surface area (Å²) in [4.78, 5) is 19.5. The van der Waals surface area contributed by atoms with Gasteiger partial charge in [0, 0.05) is 19.3 Å². The first-order valence-corrected chi connectivity index (χ1v) is 4.49. The predicted octanol–water partition coefficient (Wildman–Crippen LogP) is 0.576. The molecule has 1 heterocycles. The zero-order valence-electron chi connectivity index (χ0n) is 8.59. The molecule has 2 N–H and O–H groups in total. The Morgan fingerprint density at radius 2 is 2.21 bits per heavy atom. The minimum Gasteiger partial charge on any atom is -0.354 e. The summed E-state index contributed by atoms with van der Waals surface area (Å²) >= 11 is 0. The lowest BCUT2D eigenvalue weighted by molar-refractivity contribution is 0.0958. The topological polar surface area (TPSA) is 66.9 Å². The largest absolute Gasteiger partial charge is 0.354 e. The van der Waals surface area contributed by atoms with Crippen molar-refractivity contribution in [1.82, 2.24) is 15.3 Å². The summed E-state index contributed by atoms with van der Waals surface area (Å²) in [5.41, 5.74) is 1.16. The molecule has 0 aromatic carbocycles. The fraction of sp³-hybridized carbons (Fsp3) is 0.444. The van der Waals surface area contributed by atoms with E-state index in [-0.39, 0.29) is 5.91 Å². The molecule has 1 rings (SSSR count). The predicted molar refractivity (Wildman–Crippen MR) is 54.3 cm³/mol. The Kier molecular flexibility index (Phi) is 3.39. The maximum atomic E-state index is 11.3. The molecule has 1 aromatic rings. The molecule has 0 spiro atoms. The lowest BCUT2D eigenvalue weighted by atomic mass is 10.3. The molecule has 76 valence electrons. The molecule has 0 saturated heterocycles. The van der Waals surface area contributed by atoms with Gasteiger partial charge in [-0.05, 0) is 19.9 Å². The van der Waals surface area contributed by atoms with E-state index in [1.54, 1.807) is 13.1 Å². The Balaban J connectivity index is 3.00. The van der Waals surface area contributed by atoms with Crippen molar-refractivity contribution in [3.8, 4) is 0 Å². The minimum atomic E-state index is -0.199.